The zero-order valence-electron chi connectivity index (χ0n) is 18.5. The Bertz CT molecular complexity index is 1010. The van der Waals surface area contributed by atoms with Gasteiger partial charge in [-0.05, 0) is 63.1 Å². The van der Waals surface area contributed by atoms with Crippen LogP contribution in [0.2, 0.25) is 0 Å². The average Bonchev–Trinajstić information content (AvgIpc) is 2.73. The molecule has 0 heterocycles. The second kappa shape index (κ2) is 11.0. The van der Waals surface area contributed by atoms with E-state index in [1.807, 2.05) is 12.1 Å². The monoisotopic (exact) mass is 450 g/mol. The van der Waals surface area contributed by atoms with Crippen LogP contribution >= 0.6 is 0 Å². The molecule has 2 aromatic carbocycles. The lowest BCUT2D eigenvalue weighted by Crippen LogP contribution is -2.31. The van der Waals surface area contributed by atoms with E-state index in [-0.39, 0.29) is 28.2 Å². The Balaban J connectivity index is 2.14. The number of nitrogens with one attached hydrogen (secondary N) is 2. The first-order valence-corrected chi connectivity index (χ1v) is 11.5. The van der Waals surface area contributed by atoms with E-state index in [1.165, 1.54) is 12.1 Å². The number of carbonyl (C=O) groups is 1. The Hall–Kier alpha value is -2.78. The van der Waals surface area contributed by atoms with Gasteiger partial charge in [-0.1, -0.05) is 6.07 Å². The number of amides is 1. The standard InChI is InChI=1S/C22H30N2O6S/c1-6-30-19-10-8-17(14-21(19)31(26,27)24-15(2)3)22(25)23-12-11-16-7-9-18(28-4)20(13-16)29-5/h7-10,13-15,24H,6,11-12H2,1-5H3,(H,23,25). The third-order valence-corrected chi connectivity index (χ3v) is 6.01. The van der Waals surface area contributed by atoms with Crippen LogP contribution in [0.1, 0.15) is 36.7 Å². The first-order valence-electron chi connectivity index (χ1n) is 10.00. The summed E-state index contributed by atoms with van der Waals surface area (Å²) in [5.41, 5.74) is 1.20. The fraction of sp³-hybridized carbons (Fsp3) is 0.409. The van der Waals surface area contributed by atoms with E-state index in [1.54, 1.807) is 47.1 Å². The van der Waals surface area contributed by atoms with Gasteiger partial charge in [-0.15, -0.1) is 0 Å². The molecule has 170 valence electrons. The van der Waals surface area contributed by atoms with Crippen LogP contribution in [0.5, 0.6) is 17.2 Å². The predicted octanol–water partition coefficient (Wildman–Crippen LogP) is 2.76. The maximum atomic E-state index is 12.7. The molecule has 2 N–H and O–H groups in total. The van der Waals surface area contributed by atoms with Crippen molar-refractivity contribution in [1.82, 2.24) is 10.0 Å². The summed E-state index contributed by atoms with van der Waals surface area (Å²) in [6.07, 6.45) is 0.573. The Labute approximate surface area is 184 Å². The van der Waals surface area contributed by atoms with E-state index >= 15 is 0 Å². The number of carbonyl (C=O) groups excluding carboxylic acids is 1. The molecular formula is C22H30N2O6S. The Morgan fingerprint density at radius 2 is 1.68 bits per heavy atom. The van der Waals surface area contributed by atoms with Crippen molar-refractivity contribution in [2.45, 2.75) is 38.1 Å². The summed E-state index contributed by atoms with van der Waals surface area (Å²) in [6.45, 7) is 5.89. The zero-order valence-corrected chi connectivity index (χ0v) is 19.3. The molecule has 0 unspecified atom stereocenters. The minimum absolute atomic E-state index is 0.0596. The van der Waals surface area contributed by atoms with Gasteiger partial charge in [0.15, 0.2) is 11.5 Å². The lowest BCUT2D eigenvalue weighted by Gasteiger charge is -2.15. The fourth-order valence-corrected chi connectivity index (χ4v) is 4.39. The smallest absolute Gasteiger partial charge is 0.251 e. The van der Waals surface area contributed by atoms with Crippen molar-refractivity contribution in [3.8, 4) is 17.2 Å². The van der Waals surface area contributed by atoms with Gasteiger partial charge >= 0.3 is 0 Å². The van der Waals surface area contributed by atoms with Crippen LogP contribution in [0.25, 0.3) is 0 Å². The molecular weight excluding hydrogens is 420 g/mol. The molecule has 0 fully saturated rings. The van der Waals surface area contributed by atoms with Gasteiger partial charge in [-0.3, -0.25) is 4.79 Å². The average molecular weight is 451 g/mol. The highest BCUT2D eigenvalue weighted by atomic mass is 32.2. The maximum Gasteiger partial charge on any atom is 0.251 e. The molecule has 0 radical (unpaired) electrons. The molecule has 0 saturated heterocycles. The molecule has 0 aliphatic carbocycles. The van der Waals surface area contributed by atoms with Crippen LogP contribution in [0, 0.1) is 0 Å². The van der Waals surface area contributed by atoms with E-state index in [2.05, 4.69) is 10.0 Å². The van der Waals surface area contributed by atoms with Gasteiger partial charge in [0.1, 0.15) is 10.6 Å². The molecule has 2 aromatic rings. The normalized spacial score (nSPS) is 11.3. The highest BCUT2D eigenvalue weighted by Crippen LogP contribution is 2.28. The summed E-state index contributed by atoms with van der Waals surface area (Å²) in [5, 5.41) is 2.82. The first kappa shape index (κ1) is 24.5. The van der Waals surface area contributed by atoms with Crippen molar-refractivity contribution in [3.05, 3.63) is 47.5 Å². The summed E-state index contributed by atoms with van der Waals surface area (Å²) < 4.78 is 43.8. The lowest BCUT2D eigenvalue weighted by molar-refractivity contribution is 0.0954. The molecule has 0 aromatic heterocycles. The van der Waals surface area contributed by atoms with Crippen LogP contribution in [0.4, 0.5) is 0 Å². The largest absolute Gasteiger partial charge is 0.493 e. The van der Waals surface area contributed by atoms with Gasteiger partial charge in [-0.2, -0.15) is 0 Å². The lowest BCUT2D eigenvalue weighted by atomic mass is 10.1. The highest BCUT2D eigenvalue weighted by molar-refractivity contribution is 7.89. The number of hydrogen-bond donors (Lipinski definition) is 2. The number of hydrogen-bond acceptors (Lipinski definition) is 6. The van der Waals surface area contributed by atoms with E-state index in [4.69, 9.17) is 14.2 Å². The molecule has 2 rings (SSSR count). The van der Waals surface area contributed by atoms with Crippen molar-refractivity contribution in [3.63, 3.8) is 0 Å². The van der Waals surface area contributed by atoms with Gasteiger partial charge in [0, 0.05) is 18.2 Å². The molecule has 0 spiro atoms. The van der Waals surface area contributed by atoms with E-state index in [0.29, 0.717) is 31.1 Å². The summed E-state index contributed by atoms with van der Waals surface area (Å²) in [5.74, 6) is 1.08. The van der Waals surface area contributed by atoms with Crippen LogP contribution in [0.15, 0.2) is 41.3 Å². The molecule has 31 heavy (non-hydrogen) atoms. The first-order chi connectivity index (χ1) is 14.7. The van der Waals surface area contributed by atoms with Gasteiger partial charge in [0.2, 0.25) is 10.0 Å². The predicted molar refractivity (Wildman–Crippen MR) is 119 cm³/mol. The molecule has 0 bridgehead atoms. The molecule has 0 aliphatic heterocycles. The molecule has 0 atom stereocenters. The molecule has 0 saturated carbocycles. The minimum Gasteiger partial charge on any atom is -0.493 e. The van der Waals surface area contributed by atoms with Crippen LogP contribution < -0.4 is 24.2 Å². The number of methoxy groups -OCH3 is 2. The fourth-order valence-electron chi connectivity index (χ4n) is 2.97. The van der Waals surface area contributed by atoms with Crippen molar-refractivity contribution in [2.75, 3.05) is 27.4 Å². The molecule has 1 amide bonds. The van der Waals surface area contributed by atoms with Crippen LogP contribution in [0.3, 0.4) is 0 Å². The summed E-state index contributed by atoms with van der Waals surface area (Å²) in [4.78, 5) is 12.6. The van der Waals surface area contributed by atoms with Crippen molar-refractivity contribution < 1.29 is 27.4 Å². The molecule has 8 nitrogen and oxygen atoms in total. The van der Waals surface area contributed by atoms with E-state index in [0.717, 1.165) is 5.56 Å². The second-order valence-electron chi connectivity index (χ2n) is 7.07. The number of benzene rings is 2. The SMILES string of the molecule is CCOc1ccc(C(=O)NCCc2ccc(OC)c(OC)c2)cc1S(=O)(=O)NC(C)C. The number of ether oxygens (including phenoxy) is 3. The number of sulfonamides is 1. The van der Waals surface area contributed by atoms with E-state index in [9.17, 15) is 13.2 Å². The third-order valence-electron chi connectivity index (χ3n) is 4.33. The van der Waals surface area contributed by atoms with Gasteiger partial charge < -0.3 is 19.5 Å². The van der Waals surface area contributed by atoms with Crippen LogP contribution in [-0.4, -0.2) is 47.7 Å². The summed E-state index contributed by atoms with van der Waals surface area (Å²) in [7, 11) is -0.693. The second-order valence-corrected chi connectivity index (χ2v) is 8.75. The van der Waals surface area contributed by atoms with Gasteiger partial charge in [0.05, 0.1) is 20.8 Å². The zero-order chi connectivity index (χ0) is 23.0. The van der Waals surface area contributed by atoms with Gasteiger partial charge in [0.25, 0.3) is 5.91 Å². The highest BCUT2D eigenvalue weighted by Gasteiger charge is 2.22. The third kappa shape index (κ3) is 6.60. The van der Waals surface area contributed by atoms with Crippen molar-refractivity contribution in [1.29, 1.82) is 0 Å². The Morgan fingerprint density at radius 3 is 2.29 bits per heavy atom. The Kier molecular flexibility index (Phi) is 8.70. The van der Waals surface area contributed by atoms with Crippen molar-refractivity contribution in [2.24, 2.45) is 0 Å². The topological polar surface area (TPSA) is 103 Å². The van der Waals surface area contributed by atoms with E-state index < -0.39 is 10.0 Å². The molecule has 0 aliphatic rings. The quantitative estimate of drug-likeness (QED) is 0.546. The summed E-state index contributed by atoms with van der Waals surface area (Å²) in [6, 6.07) is 9.64. The molecule has 9 heteroatoms. The Morgan fingerprint density at radius 1 is 1.00 bits per heavy atom. The number of rotatable bonds is 11. The minimum atomic E-state index is -3.83. The van der Waals surface area contributed by atoms with Crippen molar-refractivity contribution >= 4 is 15.9 Å². The van der Waals surface area contributed by atoms with Crippen LogP contribution in [-0.2, 0) is 16.4 Å². The van der Waals surface area contributed by atoms with Gasteiger partial charge in [-0.25, -0.2) is 13.1 Å². The summed E-state index contributed by atoms with van der Waals surface area (Å²) >= 11 is 0. The maximum absolute atomic E-state index is 12.7.